The van der Waals surface area contributed by atoms with Crippen LogP contribution in [0.1, 0.15) is 28.0 Å². The monoisotopic (exact) mass is 529 g/mol. The largest absolute Gasteiger partial charge is 0.502 e. The number of pyridine rings is 1. The van der Waals surface area contributed by atoms with E-state index in [-0.39, 0.29) is 46.8 Å². The summed E-state index contributed by atoms with van der Waals surface area (Å²) in [7, 11) is 1.53. The molecule has 1 aliphatic rings. The zero-order chi connectivity index (χ0) is 23.7. The Labute approximate surface area is 209 Å². The number of hydrogen-bond donors (Lipinski definition) is 1. The van der Waals surface area contributed by atoms with E-state index in [0.717, 1.165) is 11.3 Å². The number of halogens is 3. The summed E-state index contributed by atoms with van der Waals surface area (Å²) in [6, 6.07) is 4.70. The Bertz CT molecular complexity index is 1270. The highest BCUT2D eigenvalue weighted by Gasteiger charge is 2.33. The molecule has 3 aromatic rings. The smallest absolute Gasteiger partial charge is 0.277 e. The van der Waals surface area contributed by atoms with Gasteiger partial charge in [-0.3, -0.25) is 19.3 Å². The second-order valence-corrected chi connectivity index (χ2v) is 8.80. The van der Waals surface area contributed by atoms with Crippen LogP contribution in [-0.4, -0.2) is 64.3 Å². The van der Waals surface area contributed by atoms with Gasteiger partial charge in [0.2, 0.25) is 5.43 Å². The van der Waals surface area contributed by atoms with E-state index >= 15 is 0 Å². The molecule has 182 valence electrons. The fourth-order valence-electron chi connectivity index (χ4n) is 3.55. The summed E-state index contributed by atoms with van der Waals surface area (Å²) in [4.78, 5) is 27.4. The minimum atomic E-state index is -0.726. The molecule has 0 bridgehead atoms. The highest BCUT2D eigenvalue weighted by atomic mass is 35.5. The molecule has 1 N–H and O–H groups in total. The second-order valence-electron chi connectivity index (χ2n) is 7.33. The number of nitrogens with zero attached hydrogens (tertiary/aromatic N) is 5. The molecule has 0 spiro atoms. The molecule has 0 fully saturated rings. The van der Waals surface area contributed by atoms with E-state index in [0.29, 0.717) is 30.3 Å². The normalized spacial score (nSPS) is 13.1. The summed E-state index contributed by atoms with van der Waals surface area (Å²) >= 11 is 6.95. The van der Waals surface area contributed by atoms with Gasteiger partial charge >= 0.3 is 0 Å². The SMILES string of the molecule is CCN1CN(CCOC)C(=O)c2c(O)c(=O)c(-c3nnc(Cc4cccc(Cl)c4F)s3)cn21.Cl. The molecule has 1 amide bonds. The summed E-state index contributed by atoms with van der Waals surface area (Å²) in [6.45, 7) is 3.32. The molecule has 1 aromatic carbocycles. The maximum absolute atomic E-state index is 14.2. The first-order valence-electron chi connectivity index (χ1n) is 10.1. The lowest BCUT2D eigenvalue weighted by molar-refractivity contribution is 0.0625. The van der Waals surface area contributed by atoms with Gasteiger partial charge < -0.3 is 14.7 Å². The number of methoxy groups -OCH3 is 1. The van der Waals surface area contributed by atoms with Gasteiger partial charge in [0, 0.05) is 32.8 Å². The Hall–Kier alpha value is -2.73. The third-order valence-electron chi connectivity index (χ3n) is 5.29. The van der Waals surface area contributed by atoms with Crippen molar-refractivity contribution in [1.82, 2.24) is 19.8 Å². The second kappa shape index (κ2) is 10.7. The highest BCUT2D eigenvalue weighted by molar-refractivity contribution is 7.14. The zero-order valence-electron chi connectivity index (χ0n) is 18.3. The number of carbonyl (C=O) groups is 1. The van der Waals surface area contributed by atoms with Crippen LogP contribution in [0, 0.1) is 5.82 Å². The van der Waals surface area contributed by atoms with E-state index in [4.69, 9.17) is 16.3 Å². The van der Waals surface area contributed by atoms with E-state index in [9.17, 15) is 19.1 Å². The van der Waals surface area contributed by atoms with Gasteiger partial charge in [-0.2, -0.15) is 0 Å². The Morgan fingerprint density at radius 1 is 1.29 bits per heavy atom. The minimum Gasteiger partial charge on any atom is -0.502 e. The van der Waals surface area contributed by atoms with Gasteiger partial charge in [-0.1, -0.05) is 35.1 Å². The predicted molar refractivity (Wildman–Crippen MR) is 129 cm³/mol. The number of aromatic hydroxyl groups is 1. The lowest BCUT2D eigenvalue weighted by Crippen LogP contribution is -2.54. The number of benzene rings is 1. The van der Waals surface area contributed by atoms with E-state index in [1.165, 1.54) is 28.9 Å². The molecule has 0 atom stereocenters. The van der Waals surface area contributed by atoms with Crippen molar-refractivity contribution >= 4 is 41.3 Å². The van der Waals surface area contributed by atoms with Crippen molar-refractivity contribution in [2.24, 2.45) is 0 Å². The molecule has 1 aliphatic heterocycles. The average Bonchev–Trinajstić information content (AvgIpc) is 3.26. The van der Waals surface area contributed by atoms with Crippen LogP contribution in [0.15, 0.2) is 29.2 Å². The molecule has 0 aliphatic carbocycles. The van der Waals surface area contributed by atoms with Crippen molar-refractivity contribution in [3.8, 4) is 16.3 Å². The fourth-order valence-corrected chi connectivity index (χ4v) is 4.61. The van der Waals surface area contributed by atoms with Crippen molar-refractivity contribution in [1.29, 1.82) is 0 Å². The first-order chi connectivity index (χ1) is 15.8. The lowest BCUT2D eigenvalue weighted by Gasteiger charge is -2.39. The minimum absolute atomic E-state index is 0. The Morgan fingerprint density at radius 3 is 2.76 bits per heavy atom. The maximum Gasteiger partial charge on any atom is 0.277 e. The first-order valence-corrected chi connectivity index (χ1v) is 11.3. The predicted octanol–water partition coefficient (Wildman–Crippen LogP) is 2.90. The van der Waals surface area contributed by atoms with E-state index in [2.05, 4.69) is 10.2 Å². The molecule has 34 heavy (non-hydrogen) atoms. The molecule has 0 unspecified atom stereocenters. The third-order valence-corrected chi connectivity index (χ3v) is 6.54. The van der Waals surface area contributed by atoms with Gasteiger partial charge in [0.25, 0.3) is 5.91 Å². The van der Waals surface area contributed by atoms with Crippen LogP contribution in [0.4, 0.5) is 4.39 Å². The van der Waals surface area contributed by atoms with Crippen molar-refractivity contribution in [3.63, 3.8) is 0 Å². The molecular formula is C21H22Cl2FN5O4S. The number of fused-ring (bicyclic) bond motifs is 1. The Morgan fingerprint density at radius 2 is 2.06 bits per heavy atom. The van der Waals surface area contributed by atoms with Crippen LogP contribution in [0.3, 0.4) is 0 Å². The summed E-state index contributed by atoms with van der Waals surface area (Å²) in [5.74, 6) is -1.65. The Balaban J connectivity index is 0.00000324. The summed E-state index contributed by atoms with van der Waals surface area (Å²) in [5.41, 5.74) is -0.383. The zero-order valence-corrected chi connectivity index (χ0v) is 20.7. The van der Waals surface area contributed by atoms with Gasteiger partial charge in [0.05, 0.1) is 17.2 Å². The molecule has 0 saturated carbocycles. The maximum atomic E-state index is 14.2. The van der Waals surface area contributed by atoms with Crippen LogP contribution in [0.2, 0.25) is 5.02 Å². The van der Waals surface area contributed by atoms with E-state index < -0.39 is 22.9 Å². The lowest BCUT2D eigenvalue weighted by atomic mass is 10.1. The number of ether oxygens (including phenoxy) is 1. The molecule has 3 heterocycles. The molecule has 0 saturated heterocycles. The van der Waals surface area contributed by atoms with Gasteiger partial charge in [0.15, 0.2) is 16.5 Å². The van der Waals surface area contributed by atoms with Crippen molar-refractivity contribution in [3.05, 3.63) is 61.7 Å². The third kappa shape index (κ3) is 4.74. The summed E-state index contributed by atoms with van der Waals surface area (Å²) in [5, 5.41) is 21.4. The topological polar surface area (TPSA) is 101 Å². The first kappa shape index (κ1) is 25.9. The van der Waals surface area contributed by atoms with Crippen LogP contribution in [0.25, 0.3) is 10.6 Å². The van der Waals surface area contributed by atoms with Crippen molar-refractivity contribution in [2.45, 2.75) is 13.3 Å². The fraction of sp³-hybridized carbons (Fsp3) is 0.333. The number of aromatic nitrogens is 3. The van der Waals surface area contributed by atoms with Crippen LogP contribution in [0.5, 0.6) is 5.75 Å². The Kier molecular flexibility index (Phi) is 8.13. The van der Waals surface area contributed by atoms with Crippen LogP contribution in [-0.2, 0) is 11.2 Å². The molecule has 9 nitrogen and oxygen atoms in total. The quantitative estimate of drug-likeness (QED) is 0.502. The molecular weight excluding hydrogens is 508 g/mol. The van der Waals surface area contributed by atoms with Gasteiger partial charge in [-0.05, 0) is 18.6 Å². The highest BCUT2D eigenvalue weighted by Crippen LogP contribution is 2.29. The van der Waals surface area contributed by atoms with Crippen molar-refractivity contribution in [2.75, 3.05) is 38.5 Å². The molecule has 0 radical (unpaired) electrons. The van der Waals surface area contributed by atoms with Crippen LogP contribution < -0.4 is 10.4 Å². The van der Waals surface area contributed by atoms with E-state index in [1.807, 2.05) is 6.92 Å². The van der Waals surface area contributed by atoms with Gasteiger partial charge in [-0.25, -0.2) is 4.39 Å². The average molecular weight is 530 g/mol. The standard InChI is InChI=1S/C21H21ClFN5O4S.ClH/c1-3-27-11-26(7-8-32-2)21(31)17-19(30)18(29)13(10-28(17)27)20-25-24-15(33-20)9-12-5-4-6-14(22)16(12)23;/h4-6,10,30H,3,7-9,11H2,1-2H3;1H. The number of carbonyl (C=O) groups excluding carboxylic acids is 1. The van der Waals surface area contributed by atoms with Gasteiger partial charge in [0.1, 0.15) is 17.5 Å². The number of amides is 1. The summed E-state index contributed by atoms with van der Waals surface area (Å²) in [6.07, 6.45) is 1.63. The van der Waals surface area contributed by atoms with Crippen molar-refractivity contribution < 1.29 is 19.0 Å². The summed E-state index contributed by atoms with van der Waals surface area (Å²) < 4.78 is 20.8. The number of rotatable bonds is 7. The van der Waals surface area contributed by atoms with E-state index in [1.54, 1.807) is 17.1 Å². The number of hydrogen-bond acceptors (Lipinski definition) is 8. The van der Waals surface area contributed by atoms with Crippen LogP contribution >= 0.6 is 35.3 Å². The molecule has 4 rings (SSSR count). The molecule has 2 aromatic heterocycles. The molecule has 13 heteroatoms. The van der Waals surface area contributed by atoms with Gasteiger partial charge in [-0.15, -0.1) is 22.6 Å².